The highest BCUT2D eigenvalue weighted by Gasteiger charge is 2.24. The van der Waals surface area contributed by atoms with Gasteiger partial charge in [0.1, 0.15) is 11.0 Å². The highest BCUT2D eigenvalue weighted by atomic mass is 35.5. The second-order valence-corrected chi connectivity index (χ2v) is 5.97. The Bertz CT molecular complexity index is 423. The van der Waals surface area contributed by atoms with Crippen molar-refractivity contribution >= 4 is 40.6 Å². The van der Waals surface area contributed by atoms with Crippen LogP contribution >= 0.6 is 34.8 Å². The van der Waals surface area contributed by atoms with E-state index in [1.165, 1.54) is 25.7 Å². The van der Waals surface area contributed by atoms with Crippen LogP contribution in [0.2, 0.25) is 15.2 Å². The minimum atomic E-state index is 0.299. The molecule has 0 saturated heterocycles. The largest absolute Gasteiger partial charge is 0.366 e. The summed E-state index contributed by atoms with van der Waals surface area (Å²) in [5.41, 5.74) is 0. The summed E-state index contributed by atoms with van der Waals surface area (Å²) >= 11 is 18.0. The van der Waals surface area contributed by atoms with Crippen molar-refractivity contribution in [3.05, 3.63) is 21.3 Å². The lowest BCUT2D eigenvalue weighted by Crippen LogP contribution is -2.32. The number of aromatic nitrogens is 1. The van der Waals surface area contributed by atoms with Gasteiger partial charge in [-0.3, -0.25) is 0 Å². The summed E-state index contributed by atoms with van der Waals surface area (Å²) in [4.78, 5) is 4.23. The molecule has 0 amide bonds. The third kappa shape index (κ3) is 3.23. The topological polar surface area (TPSA) is 24.9 Å². The summed E-state index contributed by atoms with van der Waals surface area (Å²) in [6.45, 7) is 2.23. The highest BCUT2D eigenvalue weighted by molar-refractivity contribution is 6.42. The van der Waals surface area contributed by atoms with Crippen LogP contribution in [0, 0.1) is 5.92 Å². The Balaban J connectivity index is 2.15. The lowest BCUT2D eigenvalue weighted by Gasteiger charge is -2.32. The Kier molecular flexibility index (Phi) is 4.99. The molecule has 0 aliphatic heterocycles. The molecule has 1 fully saturated rings. The molecule has 0 bridgehead atoms. The fourth-order valence-electron chi connectivity index (χ4n) is 2.61. The number of pyridine rings is 1. The monoisotopic (exact) mass is 306 g/mol. The summed E-state index contributed by atoms with van der Waals surface area (Å²) in [6, 6.07) is 2.08. The molecule has 1 N–H and O–H groups in total. The smallest absolute Gasteiger partial charge is 0.150 e. The van der Waals surface area contributed by atoms with E-state index in [-0.39, 0.29) is 0 Å². The molecule has 2 atom stereocenters. The third-order valence-corrected chi connectivity index (χ3v) is 4.60. The Labute approximate surface area is 123 Å². The van der Waals surface area contributed by atoms with Crippen LogP contribution in [-0.2, 0) is 0 Å². The predicted octanol–water partition coefficient (Wildman–Crippen LogP) is 5.42. The van der Waals surface area contributed by atoms with Crippen molar-refractivity contribution in [3.8, 4) is 0 Å². The quantitative estimate of drug-likeness (QED) is 0.754. The van der Waals surface area contributed by atoms with Gasteiger partial charge in [0.25, 0.3) is 0 Å². The summed E-state index contributed by atoms with van der Waals surface area (Å²) in [6.07, 6.45) is 6.19. The summed E-state index contributed by atoms with van der Waals surface area (Å²) < 4.78 is 0. The molecule has 1 saturated carbocycles. The van der Waals surface area contributed by atoms with Crippen LogP contribution in [0.4, 0.5) is 5.82 Å². The van der Waals surface area contributed by atoms with E-state index in [9.17, 15) is 0 Å². The van der Waals surface area contributed by atoms with Crippen LogP contribution in [-0.4, -0.2) is 11.0 Å². The fourth-order valence-corrected chi connectivity index (χ4v) is 3.16. The summed E-state index contributed by atoms with van der Waals surface area (Å²) in [5, 5.41) is 4.65. The molecule has 5 heteroatoms. The van der Waals surface area contributed by atoms with Gasteiger partial charge in [-0.1, -0.05) is 61.0 Å². The van der Waals surface area contributed by atoms with E-state index < -0.39 is 0 Å². The van der Waals surface area contributed by atoms with Gasteiger partial charge in [0, 0.05) is 6.04 Å². The molecule has 1 aromatic heterocycles. The summed E-state index contributed by atoms with van der Waals surface area (Å²) in [5.74, 6) is 1.34. The molecule has 2 rings (SSSR count). The number of nitrogens with zero attached hydrogens (tertiary/aromatic N) is 1. The number of rotatable bonds is 3. The number of nitrogens with one attached hydrogen (secondary N) is 1. The van der Waals surface area contributed by atoms with Crippen molar-refractivity contribution < 1.29 is 0 Å². The van der Waals surface area contributed by atoms with E-state index in [1.807, 2.05) is 0 Å². The molecule has 1 heterocycles. The van der Waals surface area contributed by atoms with E-state index in [0.29, 0.717) is 33.0 Å². The third-order valence-electron chi connectivity index (χ3n) is 3.64. The molecule has 1 aliphatic rings. The molecule has 1 aliphatic carbocycles. The zero-order valence-electron chi connectivity index (χ0n) is 10.3. The predicted molar refractivity (Wildman–Crippen MR) is 78.9 cm³/mol. The number of halogens is 3. The van der Waals surface area contributed by atoms with Gasteiger partial charge < -0.3 is 5.32 Å². The van der Waals surface area contributed by atoms with Crippen molar-refractivity contribution in [2.45, 2.75) is 45.1 Å². The lowest BCUT2D eigenvalue weighted by molar-refractivity contribution is 0.317. The SMILES string of the molecule is CCC1CCCCC1Nc1nc(Cl)c(Cl)cc1Cl. The van der Waals surface area contributed by atoms with Gasteiger partial charge in [-0.15, -0.1) is 0 Å². The first-order valence-corrected chi connectivity index (χ1v) is 7.53. The van der Waals surface area contributed by atoms with Gasteiger partial charge >= 0.3 is 0 Å². The Morgan fingerprint density at radius 3 is 2.67 bits per heavy atom. The number of hydrogen-bond donors (Lipinski definition) is 1. The van der Waals surface area contributed by atoms with Gasteiger partial charge in [0.15, 0.2) is 0 Å². The van der Waals surface area contributed by atoms with Gasteiger partial charge in [0.2, 0.25) is 0 Å². The van der Waals surface area contributed by atoms with Crippen molar-refractivity contribution in [1.29, 1.82) is 0 Å². The Morgan fingerprint density at radius 2 is 1.94 bits per heavy atom. The molecule has 0 radical (unpaired) electrons. The maximum absolute atomic E-state index is 6.14. The first kappa shape index (κ1) is 14.2. The first-order chi connectivity index (χ1) is 8.61. The number of anilines is 1. The van der Waals surface area contributed by atoms with Crippen molar-refractivity contribution in [1.82, 2.24) is 4.98 Å². The van der Waals surface area contributed by atoms with E-state index in [2.05, 4.69) is 17.2 Å². The second kappa shape index (κ2) is 6.31. The van der Waals surface area contributed by atoms with Crippen molar-refractivity contribution in [2.75, 3.05) is 5.32 Å². The number of hydrogen-bond acceptors (Lipinski definition) is 2. The van der Waals surface area contributed by atoms with Crippen LogP contribution in [0.25, 0.3) is 0 Å². The van der Waals surface area contributed by atoms with E-state index in [0.717, 1.165) is 6.42 Å². The highest BCUT2D eigenvalue weighted by Crippen LogP contribution is 2.33. The van der Waals surface area contributed by atoms with Crippen LogP contribution < -0.4 is 5.32 Å². The Morgan fingerprint density at radius 1 is 1.22 bits per heavy atom. The molecule has 100 valence electrons. The van der Waals surface area contributed by atoms with Crippen molar-refractivity contribution in [3.63, 3.8) is 0 Å². The van der Waals surface area contributed by atoms with E-state index >= 15 is 0 Å². The molecular weight excluding hydrogens is 291 g/mol. The maximum Gasteiger partial charge on any atom is 0.150 e. The molecule has 2 nitrogen and oxygen atoms in total. The molecular formula is C13H17Cl3N2. The minimum absolute atomic E-state index is 0.299. The fraction of sp³-hybridized carbons (Fsp3) is 0.615. The molecule has 0 aromatic carbocycles. The summed E-state index contributed by atoms with van der Waals surface area (Å²) in [7, 11) is 0. The van der Waals surface area contributed by atoms with Crippen LogP contribution in [0.5, 0.6) is 0 Å². The first-order valence-electron chi connectivity index (χ1n) is 6.40. The standard InChI is InChI=1S/C13H17Cl3N2/c1-2-8-5-3-4-6-11(8)17-13-10(15)7-9(14)12(16)18-13/h7-8,11H,2-6H2,1H3,(H,17,18). The van der Waals surface area contributed by atoms with Gasteiger partial charge in [-0.2, -0.15) is 0 Å². The van der Waals surface area contributed by atoms with Gasteiger partial charge in [-0.05, 0) is 24.8 Å². The van der Waals surface area contributed by atoms with Gasteiger partial charge in [0.05, 0.1) is 10.0 Å². The average Bonchev–Trinajstić information content (AvgIpc) is 2.36. The second-order valence-electron chi connectivity index (χ2n) is 4.80. The molecule has 2 unspecified atom stereocenters. The zero-order chi connectivity index (χ0) is 13.1. The molecule has 1 aromatic rings. The zero-order valence-corrected chi connectivity index (χ0v) is 12.6. The van der Waals surface area contributed by atoms with Crippen LogP contribution in [0.15, 0.2) is 6.07 Å². The lowest BCUT2D eigenvalue weighted by atomic mass is 9.83. The van der Waals surface area contributed by atoms with Crippen molar-refractivity contribution in [2.24, 2.45) is 5.92 Å². The van der Waals surface area contributed by atoms with Crippen LogP contribution in [0.1, 0.15) is 39.0 Å². The van der Waals surface area contributed by atoms with E-state index in [1.54, 1.807) is 6.07 Å². The normalized spacial score (nSPS) is 24.0. The van der Waals surface area contributed by atoms with Crippen LogP contribution in [0.3, 0.4) is 0 Å². The minimum Gasteiger partial charge on any atom is -0.366 e. The molecule has 18 heavy (non-hydrogen) atoms. The maximum atomic E-state index is 6.14. The molecule has 0 spiro atoms. The average molecular weight is 308 g/mol. The van der Waals surface area contributed by atoms with Gasteiger partial charge in [-0.25, -0.2) is 4.98 Å². The van der Waals surface area contributed by atoms with E-state index in [4.69, 9.17) is 34.8 Å². The Hall–Kier alpha value is -0.180.